The molecule has 0 aromatic rings. The number of aliphatic hydroxyl groups is 2. The van der Waals surface area contributed by atoms with E-state index in [9.17, 15) is 19.8 Å². The molecule has 0 rings (SSSR count). The van der Waals surface area contributed by atoms with Crippen molar-refractivity contribution in [2.75, 3.05) is 13.2 Å². The van der Waals surface area contributed by atoms with Gasteiger partial charge in [0.25, 0.3) is 0 Å². The molecule has 0 aliphatic heterocycles. The molecule has 0 saturated heterocycles. The van der Waals surface area contributed by atoms with Gasteiger partial charge < -0.3 is 20.3 Å². The molecule has 6 nitrogen and oxygen atoms in total. The SMILES string of the molecule is CCCCCCCC/C=C\CCCCCCCCCCCC(=O)OCCCCCCCCCCCCCCCCCCCCCCCCCC(=O)NC(CO)C(O)CCCCCCCCCCCCCCCCCCCCCCCCCC. The number of esters is 1. The third kappa shape index (κ3) is 69.6. The fraction of sp³-hybridized carbons (Fsp3) is 0.948. The number of unbranched alkanes of at least 4 members (excludes halogenated alkanes) is 60. The van der Waals surface area contributed by atoms with Gasteiger partial charge in [0.2, 0.25) is 5.91 Å². The predicted molar refractivity (Wildman–Crippen MR) is 366 cm³/mol. The van der Waals surface area contributed by atoms with E-state index in [1.54, 1.807) is 0 Å². The normalized spacial score (nSPS) is 12.5. The number of nitrogens with one attached hydrogen (secondary N) is 1. The first-order chi connectivity index (χ1) is 41.0. The Bertz CT molecular complexity index is 1260. The van der Waals surface area contributed by atoms with E-state index < -0.39 is 12.1 Å². The lowest BCUT2D eigenvalue weighted by Gasteiger charge is -2.22. The van der Waals surface area contributed by atoms with Crippen LogP contribution < -0.4 is 5.32 Å². The number of carbonyl (C=O) groups excluding carboxylic acids is 2. The maximum absolute atomic E-state index is 12.6. The van der Waals surface area contributed by atoms with E-state index in [2.05, 4.69) is 31.3 Å². The Morgan fingerprint density at radius 2 is 0.566 bits per heavy atom. The smallest absolute Gasteiger partial charge is 0.305 e. The summed E-state index contributed by atoms with van der Waals surface area (Å²) in [5.74, 6) is -0.0129. The van der Waals surface area contributed by atoms with Crippen LogP contribution in [0.15, 0.2) is 12.2 Å². The average molecular weight is 1170 g/mol. The predicted octanol–water partition coefficient (Wildman–Crippen LogP) is 25.1. The van der Waals surface area contributed by atoms with Gasteiger partial charge in [0.05, 0.1) is 25.4 Å². The summed E-state index contributed by atoms with van der Waals surface area (Å²) in [5, 5.41) is 23.5. The van der Waals surface area contributed by atoms with Crippen LogP contribution in [0.3, 0.4) is 0 Å². The highest BCUT2D eigenvalue weighted by atomic mass is 16.5. The summed E-state index contributed by atoms with van der Waals surface area (Å²) in [7, 11) is 0. The van der Waals surface area contributed by atoms with Crippen molar-refractivity contribution in [3.63, 3.8) is 0 Å². The average Bonchev–Trinajstić information content (AvgIpc) is 3.49. The Morgan fingerprint density at radius 1 is 0.325 bits per heavy atom. The van der Waals surface area contributed by atoms with Crippen LogP contribution in [-0.4, -0.2) is 47.4 Å². The third-order valence-electron chi connectivity index (χ3n) is 18.3. The summed E-state index contributed by atoms with van der Waals surface area (Å²) in [6, 6.07) is -0.542. The molecule has 0 fully saturated rings. The maximum atomic E-state index is 12.6. The molecule has 2 atom stereocenters. The first kappa shape index (κ1) is 81.6. The van der Waals surface area contributed by atoms with Gasteiger partial charge in [0, 0.05) is 12.8 Å². The number of ether oxygens (including phenoxy) is 1. The van der Waals surface area contributed by atoms with Crippen LogP contribution in [0, 0.1) is 0 Å². The van der Waals surface area contributed by atoms with E-state index in [1.165, 1.54) is 372 Å². The van der Waals surface area contributed by atoms with Crippen LogP contribution in [0.5, 0.6) is 0 Å². The summed E-state index contributed by atoms with van der Waals surface area (Å²) in [6.45, 7) is 5.00. The maximum Gasteiger partial charge on any atom is 0.305 e. The number of carbonyl (C=O) groups is 2. The topological polar surface area (TPSA) is 95.9 Å². The molecule has 0 radical (unpaired) electrons. The number of amides is 1. The first-order valence-electron chi connectivity index (χ1n) is 38.4. The van der Waals surface area contributed by atoms with Crippen LogP contribution >= 0.6 is 0 Å². The second-order valence-corrected chi connectivity index (χ2v) is 26.7. The summed E-state index contributed by atoms with van der Waals surface area (Å²) < 4.78 is 5.51. The van der Waals surface area contributed by atoms with E-state index in [4.69, 9.17) is 4.74 Å². The van der Waals surface area contributed by atoms with E-state index >= 15 is 0 Å². The van der Waals surface area contributed by atoms with Gasteiger partial charge in [-0.15, -0.1) is 0 Å². The van der Waals surface area contributed by atoms with E-state index in [1.807, 2.05) is 0 Å². The molecule has 0 aliphatic rings. The molecule has 6 heteroatoms. The molecule has 83 heavy (non-hydrogen) atoms. The summed E-state index contributed by atoms with van der Waals surface area (Å²) in [6.07, 6.45) is 91.4. The molecule has 0 aromatic heterocycles. The Kier molecular flexibility index (Phi) is 71.8. The van der Waals surface area contributed by atoms with Gasteiger partial charge in [-0.1, -0.05) is 392 Å². The Labute approximate surface area is 520 Å². The summed E-state index contributed by atoms with van der Waals surface area (Å²) >= 11 is 0. The van der Waals surface area contributed by atoms with Crippen molar-refractivity contribution in [1.29, 1.82) is 0 Å². The molecule has 0 saturated carbocycles. The van der Waals surface area contributed by atoms with Crippen molar-refractivity contribution in [2.45, 2.75) is 456 Å². The molecule has 3 N–H and O–H groups in total. The Morgan fingerprint density at radius 3 is 0.855 bits per heavy atom. The largest absolute Gasteiger partial charge is 0.466 e. The van der Waals surface area contributed by atoms with Crippen molar-refractivity contribution in [2.24, 2.45) is 0 Å². The Hall–Kier alpha value is -1.40. The molecule has 494 valence electrons. The minimum atomic E-state index is -0.665. The zero-order valence-electron chi connectivity index (χ0n) is 56.7. The van der Waals surface area contributed by atoms with Crippen molar-refractivity contribution in [3.8, 4) is 0 Å². The molecule has 0 heterocycles. The fourth-order valence-electron chi connectivity index (χ4n) is 12.5. The highest BCUT2D eigenvalue weighted by molar-refractivity contribution is 5.76. The van der Waals surface area contributed by atoms with Crippen molar-refractivity contribution in [3.05, 3.63) is 12.2 Å². The lowest BCUT2D eigenvalue weighted by atomic mass is 10.0. The van der Waals surface area contributed by atoms with Crippen molar-refractivity contribution < 1.29 is 24.5 Å². The van der Waals surface area contributed by atoms with Crippen molar-refractivity contribution in [1.82, 2.24) is 5.32 Å². The molecular weight excluding hydrogens is 1020 g/mol. The zero-order chi connectivity index (χ0) is 59.9. The van der Waals surface area contributed by atoms with Gasteiger partial charge in [-0.3, -0.25) is 9.59 Å². The molecular formula is C77H151NO5. The minimum absolute atomic E-state index is 0.0156. The molecule has 0 aliphatic carbocycles. The quantitative estimate of drug-likeness (QED) is 0.0320. The van der Waals surface area contributed by atoms with E-state index in [0.717, 1.165) is 38.5 Å². The molecule has 2 unspecified atom stereocenters. The first-order valence-corrected chi connectivity index (χ1v) is 38.4. The number of rotatable bonds is 73. The minimum Gasteiger partial charge on any atom is -0.466 e. The molecule has 0 bridgehead atoms. The standard InChI is InChI=1S/C77H151NO5/c1-3-5-7-9-11-13-15-17-19-21-23-24-25-27-30-34-37-41-45-49-53-57-61-65-69-75(80)74(73-79)78-76(81)70-66-62-58-54-50-46-42-38-35-31-28-26-29-32-36-40-44-48-52-56-60-64-68-72-83-77(82)71-67-63-59-55-51-47-43-39-33-22-20-18-16-14-12-10-8-6-4-2/h18,20,74-75,79-80H,3-17,19,21-73H2,1-2H3,(H,78,81)/b20-18-. The van der Waals surface area contributed by atoms with Crippen LogP contribution in [-0.2, 0) is 14.3 Å². The number of aliphatic hydroxyl groups excluding tert-OH is 2. The van der Waals surface area contributed by atoms with Crippen LogP contribution in [0.1, 0.15) is 444 Å². The van der Waals surface area contributed by atoms with Gasteiger partial charge in [-0.05, 0) is 51.4 Å². The van der Waals surface area contributed by atoms with E-state index in [-0.39, 0.29) is 18.5 Å². The van der Waals surface area contributed by atoms with Crippen LogP contribution in [0.25, 0.3) is 0 Å². The zero-order valence-corrected chi connectivity index (χ0v) is 56.7. The van der Waals surface area contributed by atoms with Crippen LogP contribution in [0.2, 0.25) is 0 Å². The highest BCUT2D eigenvalue weighted by Gasteiger charge is 2.20. The lowest BCUT2D eigenvalue weighted by Crippen LogP contribution is -2.45. The van der Waals surface area contributed by atoms with Gasteiger partial charge in [-0.25, -0.2) is 0 Å². The summed E-state index contributed by atoms with van der Waals surface area (Å²) in [4.78, 5) is 24.7. The molecule has 0 spiro atoms. The van der Waals surface area contributed by atoms with Gasteiger partial charge in [0.1, 0.15) is 0 Å². The fourth-order valence-corrected chi connectivity index (χ4v) is 12.5. The Balaban J connectivity index is 3.36. The van der Waals surface area contributed by atoms with Gasteiger partial charge in [-0.2, -0.15) is 0 Å². The monoisotopic (exact) mass is 1170 g/mol. The van der Waals surface area contributed by atoms with Crippen molar-refractivity contribution >= 4 is 11.9 Å². The third-order valence-corrected chi connectivity index (χ3v) is 18.3. The number of hydrogen-bond acceptors (Lipinski definition) is 5. The van der Waals surface area contributed by atoms with Crippen LogP contribution in [0.4, 0.5) is 0 Å². The second-order valence-electron chi connectivity index (χ2n) is 26.7. The summed E-state index contributed by atoms with van der Waals surface area (Å²) in [5.41, 5.74) is 0. The van der Waals surface area contributed by atoms with Gasteiger partial charge in [0.15, 0.2) is 0 Å². The molecule has 1 amide bonds. The number of allylic oxidation sites excluding steroid dienone is 2. The number of hydrogen-bond donors (Lipinski definition) is 3. The highest BCUT2D eigenvalue weighted by Crippen LogP contribution is 2.20. The second kappa shape index (κ2) is 73.1. The molecule has 0 aromatic carbocycles. The van der Waals surface area contributed by atoms with E-state index in [0.29, 0.717) is 25.9 Å². The van der Waals surface area contributed by atoms with Gasteiger partial charge >= 0.3 is 5.97 Å². The lowest BCUT2D eigenvalue weighted by molar-refractivity contribution is -0.143.